The first kappa shape index (κ1) is 32.6. The minimum absolute atomic E-state index is 0.104. The number of aromatic hydroxyl groups is 1. The van der Waals surface area contributed by atoms with Crippen molar-refractivity contribution in [3.8, 4) is 5.75 Å². The second-order valence-electron chi connectivity index (χ2n) is 11.8. The Hall–Kier alpha value is -1.93. The van der Waals surface area contributed by atoms with E-state index in [-0.39, 0.29) is 17.0 Å². The Morgan fingerprint density at radius 3 is 2.45 bits per heavy atom. The number of unbranched alkanes of at least 4 members (excludes halogenated alkanes) is 8. The highest BCUT2D eigenvalue weighted by molar-refractivity contribution is 7.99. The zero-order valence-corrected chi connectivity index (χ0v) is 26.1. The molecule has 2 aliphatic rings. The van der Waals surface area contributed by atoms with Crippen molar-refractivity contribution in [1.82, 2.24) is 0 Å². The minimum Gasteiger partial charge on any atom is -0.508 e. The first-order valence-electron chi connectivity index (χ1n) is 15.2. The van der Waals surface area contributed by atoms with E-state index in [0.29, 0.717) is 42.0 Å². The monoisotopic (exact) mass is 590 g/mol. The number of phenols is 1. The van der Waals surface area contributed by atoms with Gasteiger partial charge in [0.2, 0.25) is 0 Å². The van der Waals surface area contributed by atoms with Gasteiger partial charge in [-0.3, -0.25) is 4.99 Å². The normalized spacial score (nSPS) is 23.1. The number of hydrogen-bond acceptors (Lipinski definition) is 6. The van der Waals surface area contributed by atoms with Gasteiger partial charge in [-0.25, -0.2) is 8.42 Å². The van der Waals surface area contributed by atoms with Crippen LogP contribution in [0, 0.1) is 11.3 Å². The molecule has 40 heavy (non-hydrogen) atoms. The smallest absolute Gasteiger partial charge is 0.170 e. The second-order valence-corrected chi connectivity index (χ2v) is 15.0. The molecule has 0 aromatic heterocycles. The predicted molar refractivity (Wildman–Crippen MR) is 169 cm³/mol. The fraction of sp³-hybridized carbons (Fsp3) is 0.656. The summed E-state index contributed by atoms with van der Waals surface area (Å²) in [5.74, 6) is 3.03. The number of sulfone groups is 1. The summed E-state index contributed by atoms with van der Waals surface area (Å²) in [6, 6.07) is 5.88. The molecular weight excluding hydrogens is 540 g/mol. The number of aliphatic imine (C=N–C) groups is 1. The molecule has 1 unspecified atom stereocenters. The molecule has 0 fully saturated rings. The number of allylic oxidation sites excluding steroid dienone is 3. The third-order valence-electron chi connectivity index (χ3n) is 8.58. The zero-order chi connectivity index (χ0) is 29.0. The first-order chi connectivity index (χ1) is 19.1. The third kappa shape index (κ3) is 9.86. The largest absolute Gasteiger partial charge is 0.508 e. The molecule has 0 radical (unpaired) electrons. The zero-order valence-electron chi connectivity index (χ0n) is 24.5. The van der Waals surface area contributed by atoms with Crippen molar-refractivity contribution in [2.45, 2.75) is 108 Å². The lowest BCUT2D eigenvalue weighted by atomic mass is 9.63. The fourth-order valence-electron chi connectivity index (χ4n) is 5.98. The summed E-state index contributed by atoms with van der Waals surface area (Å²) in [6.07, 6.45) is 19.6. The van der Waals surface area contributed by atoms with Crippen LogP contribution in [0.2, 0.25) is 0 Å². The van der Waals surface area contributed by atoms with E-state index in [9.17, 15) is 18.6 Å². The highest BCUT2D eigenvalue weighted by atomic mass is 32.2. The van der Waals surface area contributed by atoms with Crippen LogP contribution in [0.3, 0.4) is 0 Å². The Balaban J connectivity index is 1.37. The van der Waals surface area contributed by atoms with Gasteiger partial charge in [-0.15, -0.1) is 11.8 Å². The Morgan fingerprint density at radius 1 is 1.07 bits per heavy atom. The lowest BCUT2D eigenvalue weighted by Gasteiger charge is -2.47. The molecule has 1 aliphatic heterocycles. The van der Waals surface area contributed by atoms with E-state index in [1.54, 1.807) is 0 Å². The molecule has 3 atom stereocenters. The Morgan fingerprint density at radius 2 is 1.77 bits per heavy atom. The van der Waals surface area contributed by atoms with Crippen LogP contribution in [0.15, 0.2) is 52.1 Å². The number of nitrogens with zero attached hydrogens (tertiary/aromatic N) is 1. The van der Waals surface area contributed by atoms with Crippen LogP contribution in [0.5, 0.6) is 5.75 Å². The molecule has 1 heterocycles. The van der Waals surface area contributed by atoms with E-state index < -0.39 is 9.84 Å². The van der Waals surface area contributed by atoms with Gasteiger partial charge in [-0.05, 0) is 72.8 Å². The van der Waals surface area contributed by atoms with Crippen LogP contribution in [-0.2, 0) is 9.84 Å². The third-order valence-corrected chi connectivity index (χ3v) is 11.4. The average molecular weight is 591 g/mol. The van der Waals surface area contributed by atoms with Gasteiger partial charge >= 0.3 is 0 Å². The number of hydrogen-bond donors (Lipinski definition) is 3. The van der Waals surface area contributed by atoms with Crippen LogP contribution >= 0.6 is 11.8 Å². The summed E-state index contributed by atoms with van der Waals surface area (Å²) in [6.45, 7) is 4.39. The summed E-state index contributed by atoms with van der Waals surface area (Å²) < 4.78 is 23.8. The van der Waals surface area contributed by atoms with Crippen molar-refractivity contribution in [1.29, 1.82) is 0 Å². The van der Waals surface area contributed by atoms with Crippen molar-refractivity contribution in [2.75, 3.05) is 17.4 Å². The van der Waals surface area contributed by atoms with Gasteiger partial charge in [-0.1, -0.05) is 77.4 Å². The van der Waals surface area contributed by atoms with Gasteiger partial charge in [-0.2, -0.15) is 0 Å². The number of amidine groups is 1. The maximum Gasteiger partial charge on any atom is 0.170 e. The Labute approximate surface area is 246 Å². The number of fused-ring (bicyclic) bond motifs is 1. The van der Waals surface area contributed by atoms with E-state index in [0.717, 1.165) is 37.9 Å². The molecule has 0 bridgehead atoms. The topological polar surface area (TPSA) is 113 Å². The van der Waals surface area contributed by atoms with E-state index in [2.05, 4.69) is 24.1 Å². The number of aliphatic hydroxyl groups excluding tert-OH is 1. The van der Waals surface area contributed by atoms with Crippen LogP contribution in [0.25, 0.3) is 0 Å². The maximum atomic E-state index is 11.9. The number of phenolic OH excluding ortho intramolecular Hbond substituents is 1. The molecule has 224 valence electrons. The summed E-state index contributed by atoms with van der Waals surface area (Å²) in [5.41, 5.74) is 7.40. The molecule has 1 aliphatic carbocycles. The summed E-state index contributed by atoms with van der Waals surface area (Å²) in [4.78, 5) is 5.30. The fourth-order valence-corrected chi connectivity index (χ4v) is 8.66. The molecule has 0 saturated heterocycles. The van der Waals surface area contributed by atoms with Gasteiger partial charge in [0, 0.05) is 17.1 Å². The Kier molecular flexibility index (Phi) is 13.0. The molecule has 0 spiro atoms. The number of nitrogens with two attached hydrogens (primary N) is 1. The number of aliphatic hydroxyl groups is 1. The highest BCUT2D eigenvalue weighted by Crippen LogP contribution is 2.56. The Bertz CT molecular complexity index is 1150. The van der Waals surface area contributed by atoms with Crippen molar-refractivity contribution in [3.63, 3.8) is 0 Å². The van der Waals surface area contributed by atoms with Crippen LogP contribution in [-0.4, -0.2) is 41.8 Å². The minimum atomic E-state index is -3.12. The first-order valence-corrected chi connectivity index (χ1v) is 18.0. The van der Waals surface area contributed by atoms with Gasteiger partial charge < -0.3 is 15.9 Å². The lowest BCUT2D eigenvalue weighted by molar-refractivity contribution is 0.187. The molecule has 8 heteroatoms. The van der Waals surface area contributed by atoms with Crippen molar-refractivity contribution in [2.24, 2.45) is 22.1 Å². The van der Waals surface area contributed by atoms with Crippen LogP contribution < -0.4 is 5.73 Å². The van der Waals surface area contributed by atoms with Gasteiger partial charge in [0.05, 0.1) is 11.6 Å². The number of thioether (sulfide) groups is 1. The highest BCUT2D eigenvalue weighted by Gasteiger charge is 2.44. The van der Waals surface area contributed by atoms with E-state index in [1.807, 2.05) is 43.0 Å². The standard InChI is InChI=1S/C32H50N2O4S2/c1-3-4-21-40(37,38)24-34-31(33)14-12-10-8-6-5-7-9-11-13-29-28-20-19-27(36)22-30(28)39-23-32(29,2)25-15-17-26(35)18-16-25/h15,17-20,22,25,29,35-36H,3-14,16,21,23-24H2,1-2H3,(H2,33,34)/t25?,29-,32-/m1/s1. The quantitative estimate of drug-likeness (QED) is 0.0961. The SMILES string of the molecule is CCCCS(=O)(=O)CN=C(N)CCCCCCCCCC[C@@H]1c2ccc(O)cc2SC[C@]1(C)C1C=CC(O)=CC1. The second kappa shape index (κ2) is 15.9. The van der Waals surface area contributed by atoms with Crippen LogP contribution in [0.4, 0.5) is 0 Å². The number of rotatable bonds is 17. The van der Waals surface area contributed by atoms with E-state index >= 15 is 0 Å². The van der Waals surface area contributed by atoms with Crippen molar-refractivity contribution in [3.05, 3.63) is 47.7 Å². The summed E-state index contributed by atoms with van der Waals surface area (Å²) in [7, 11) is -3.12. The molecule has 6 nitrogen and oxygen atoms in total. The number of benzene rings is 1. The average Bonchev–Trinajstić information content (AvgIpc) is 2.93. The summed E-state index contributed by atoms with van der Waals surface area (Å²) in [5, 5.41) is 19.9. The molecular formula is C32H50N2O4S2. The predicted octanol–water partition coefficient (Wildman–Crippen LogP) is 8.04. The molecule has 0 saturated carbocycles. The van der Waals surface area contributed by atoms with Crippen molar-refractivity contribution < 1.29 is 18.6 Å². The molecule has 1 aromatic rings. The summed E-state index contributed by atoms with van der Waals surface area (Å²) >= 11 is 1.85. The van der Waals surface area contributed by atoms with Gasteiger partial charge in [0.1, 0.15) is 17.4 Å². The molecule has 3 rings (SSSR count). The molecule has 0 amide bonds. The maximum absolute atomic E-state index is 11.9. The molecule has 4 N–H and O–H groups in total. The molecule has 1 aromatic carbocycles. The van der Waals surface area contributed by atoms with E-state index in [1.165, 1.54) is 49.0 Å². The van der Waals surface area contributed by atoms with Crippen LogP contribution in [0.1, 0.15) is 109 Å². The van der Waals surface area contributed by atoms with Gasteiger partial charge in [0.15, 0.2) is 9.84 Å². The van der Waals surface area contributed by atoms with Crippen molar-refractivity contribution >= 4 is 27.4 Å². The van der Waals surface area contributed by atoms with Gasteiger partial charge in [0.25, 0.3) is 0 Å². The van der Waals surface area contributed by atoms with E-state index in [4.69, 9.17) is 5.73 Å². The lowest BCUT2D eigenvalue weighted by Crippen LogP contribution is -2.38.